The van der Waals surface area contributed by atoms with Crippen LogP contribution in [-0.4, -0.2) is 50.0 Å². The first-order chi connectivity index (χ1) is 20.0. The van der Waals surface area contributed by atoms with Crippen molar-refractivity contribution in [2.24, 2.45) is 0 Å². The highest BCUT2D eigenvalue weighted by Gasteiger charge is 2.31. The van der Waals surface area contributed by atoms with Crippen molar-refractivity contribution in [3.05, 3.63) is 100 Å². The second-order valence-corrected chi connectivity index (χ2v) is 13.5. The molecule has 226 valence electrons. The first kappa shape index (κ1) is 33.3. The van der Waals surface area contributed by atoms with E-state index >= 15 is 0 Å². The maximum Gasteiger partial charge on any atom is 0.243 e. The topological polar surface area (TPSA) is 86.8 Å². The molecule has 0 aromatic heterocycles. The van der Waals surface area contributed by atoms with Gasteiger partial charge in [0.15, 0.2) is 0 Å². The summed E-state index contributed by atoms with van der Waals surface area (Å²) < 4.78 is 27.6. The number of nitrogens with one attached hydrogen (secondary N) is 1. The third-order valence-electron chi connectivity index (χ3n) is 7.32. The van der Waals surface area contributed by atoms with E-state index in [0.29, 0.717) is 18.5 Å². The third-order valence-corrected chi connectivity index (χ3v) is 9.05. The zero-order valence-corrected chi connectivity index (χ0v) is 27.3. The van der Waals surface area contributed by atoms with Crippen LogP contribution in [0.3, 0.4) is 0 Å². The Bertz CT molecular complexity index is 1400. The Morgan fingerprint density at radius 3 is 2.07 bits per heavy atom. The van der Waals surface area contributed by atoms with Crippen molar-refractivity contribution in [2.75, 3.05) is 17.1 Å². The van der Waals surface area contributed by atoms with E-state index in [0.717, 1.165) is 34.0 Å². The molecule has 3 rings (SSSR count). The van der Waals surface area contributed by atoms with Gasteiger partial charge in [-0.15, -0.1) is 0 Å². The number of rotatable bonds is 15. The Morgan fingerprint density at radius 2 is 1.50 bits per heavy atom. The van der Waals surface area contributed by atoms with Gasteiger partial charge < -0.3 is 10.2 Å². The predicted molar refractivity (Wildman–Crippen MR) is 174 cm³/mol. The summed E-state index contributed by atoms with van der Waals surface area (Å²) in [5.74, 6) is -0.402. The zero-order valence-electron chi connectivity index (χ0n) is 24.9. The zero-order chi connectivity index (χ0) is 30.7. The summed E-state index contributed by atoms with van der Waals surface area (Å²) >= 11 is 3.46. The van der Waals surface area contributed by atoms with Crippen LogP contribution in [0.1, 0.15) is 56.7 Å². The SMILES string of the molecule is CCc1ccc(N(CCCC(=O)N(Cc2ccc(Br)cc2)[C@@H](Cc2ccccc2)C(=O)N[C@@H](C)CC)S(C)(=O)=O)cc1. The van der Waals surface area contributed by atoms with Crippen molar-refractivity contribution in [3.63, 3.8) is 0 Å². The van der Waals surface area contributed by atoms with Crippen molar-refractivity contribution in [1.82, 2.24) is 10.2 Å². The van der Waals surface area contributed by atoms with Gasteiger partial charge in [0.25, 0.3) is 0 Å². The fourth-order valence-corrected chi connectivity index (χ4v) is 5.91. The maximum absolute atomic E-state index is 13.9. The van der Waals surface area contributed by atoms with Crippen molar-refractivity contribution in [3.8, 4) is 0 Å². The van der Waals surface area contributed by atoms with Crippen LogP contribution in [0.2, 0.25) is 0 Å². The first-order valence-corrected chi connectivity index (χ1v) is 17.1. The van der Waals surface area contributed by atoms with Crippen LogP contribution in [0.5, 0.6) is 0 Å². The average molecular weight is 657 g/mol. The lowest BCUT2D eigenvalue weighted by molar-refractivity contribution is -0.141. The summed E-state index contributed by atoms with van der Waals surface area (Å²) in [6.07, 6.45) is 3.57. The number of hydrogen-bond donors (Lipinski definition) is 1. The fraction of sp³-hybridized carbons (Fsp3) is 0.394. The minimum absolute atomic E-state index is 0.0391. The summed E-state index contributed by atoms with van der Waals surface area (Å²) in [7, 11) is -3.56. The molecule has 2 atom stereocenters. The number of amides is 2. The summed E-state index contributed by atoms with van der Waals surface area (Å²) in [5, 5.41) is 3.08. The van der Waals surface area contributed by atoms with E-state index in [1.165, 1.54) is 10.6 Å². The summed E-state index contributed by atoms with van der Waals surface area (Å²) in [5.41, 5.74) is 3.54. The smallest absolute Gasteiger partial charge is 0.243 e. The highest BCUT2D eigenvalue weighted by atomic mass is 79.9. The molecule has 9 heteroatoms. The lowest BCUT2D eigenvalue weighted by Gasteiger charge is -2.32. The number of carbonyl (C=O) groups excluding carboxylic acids is 2. The second-order valence-electron chi connectivity index (χ2n) is 10.6. The molecule has 42 heavy (non-hydrogen) atoms. The molecule has 0 aliphatic rings. The van der Waals surface area contributed by atoms with Gasteiger partial charge in [0.1, 0.15) is 6.04 Å². The molecule has 3 aromatic carbocycles. The van der Waals surface area contributed by atoms with Gasteiger partial charge in [-0.2, -0.15) is 0 Å². The molecule has 0 heterocycles. The predicted octanol–water partition coefficient (Wildman–Crippen LogP) is 6.11. The van der Waals surface area contributed by atoms with Crippen molar-refractivity contribution < 1.29 is 18.0 Å². The third kappa shape index (κ3) is 9.98. The highest BCUT2D eigenvalue weighted by molar-refractivity contribution is 9.10. The number of benzene rings is 3. The van der Waals surface area contributed by atoms with E-state index in [-0.39, 0.29) is 37.4 Å². The molecule has 0 fully saturated rings. The Balaban J connectivity index is 1.87. The van der Waals surface area contributed by atoms with Gasteiger partial charge in [-0.25, -0.2) is 8.42 Å². The van der Waals surface area contributed by atoms with E-state index in [2.05, 4.69) is 21.2 Å². The van der Waals surface area contributed by atoms with Gasteiger partial charge in [0.05, 0.1) is 11.9 Å². The number of sulfonamides is 1. The highest BCUT2D eigenvalue weighted by Crippen LogP contribution is 2.22. The molecule has 0 aliphatic carbocycles. The average Bonchev–Trinajstić information content (AvgIpc) is 2.97. The Morgan fingerprint density at radius 1 is 0.881 bits per heavy atom. The molecule has 0 saturated heterocycles. The molecule has 0 unspecified atom stereocenters. The molecule has 0 spiro atoms. The minimum atomic E-state index is -3.56. The molecular formula is C33H42BrN3O4S. The van der Waals surface area contributed by atoms with E-state index in [1.54, 1.807) is 17.0 Å². The molecule has 0 bridgehead atoms. The molecule has 0 radical (unpaired) electrons. The molecule has 3 aromatic rings. The van der Waals surface area contributed by atoms with Gasteiger partial charge >= 0.3 is 0 Å². The first-order valence-electron chi connectivity index (χ1n) is 14.5. The van der Waals surface area contributed by atoms with Crippen molar-refractivity contribution >= 4 is 43.5 Å². The van der Waals surface area contributed by atoms with Gasteiger partial charge in [0.2, 0.25) is 21.8 Å². The maximum atomic E-state index is 13.9. The normalized spacial score (nSPS) is 12.8. The van der Waals surface area contributed by atoms with E-state index in [4.69, 9.17) is 0 Å². The van der Waals surface area contributed by atoms with Gasteiger partial charge in [0, 0.05) is 36.4 Å². The van der Waals surface area contributed by atoms with Crippen LogP contribution >= 0.6 is 15.9 Å². The quantitative estimate of drug-likeness (QED) is 0.214. The lowest BCUT2D eigenvalue weighted by Crippen LogP contribution is -2.52. The van der Waals surface area contributed by atoms with Crippen LogP contribution in [0.25, 0.3) is 0 Å². The molecule has 1 N–H and O–H groups in total. The number of aryl methyl sites for hydroxylation is 1. The standard InChI is InChI=1S/C33H42BrN3O4S/c1-5-25(3)35-33(39)31(23-27-11-8-7-9-12-27)36(24-28-14-18-29(34)19-15-28)32(38)13-10-22-37(42(4,40)41)30-20-16-26(6-2)17-21-30/h7-9,11-12,14-21,25,31H,5-6,10,13,22-24H2,1-4H3,(H,35,39)/t25-,31-/m0/s1. The number of hydrogen-bond acceptors (Lipinski definition) is 4. The number of carbonyl (C=O) groups is 2. The summed E-state index contributed by atoms with van der Waals surface area (Å²) in [6.45, 7) is 6.41. The second kappa shape index (κ2) is 15.9. The molecule has 0 saturated carbocycles. The molecular weight excluding hydrogens is 614 g/mol. The van der Waals surface area contributed by atoms with Gasteiger partial charge in [-0.3, -0.25) is 13.9 Å². The Hall–Kier alpha value is -3.17. The van der Waals surface area contributed by atoms with E-state index in [1.807, 2.05) is 87.5 Å². The van der Waals surface area contributed by atoms with Crippen LogP contribution in [0.4, 0.5) is 5.69 Å². The van der Waals surface area contributed by atoms with Crippen LogP contribution in [-0.2, 0) is 39.0 Å². The summed E-state index contributed by atoms with van der Waals surface area (Å²) in [4.78, 5) is 29.2. The van der Waals surface area contributed by atoms with Crippen LogP contribution in [0.15, 0.2) is 83.3 Å². The molecule has 2 amide bonds. The van der Waals surface area contributed by atoms with Crippen molar-refractivity contribution in [1.29, 1.82) is 0 Å². The van der Waals surface area contributed by atoms with E-state index in [9.17, 15) is 18.0 Å². The van der Waals surface area contributed by atoms with Crippen LogP contribution in [0, 0.1) is 0 Å². The summed E-state index contributed by atoms with van der Waals surface area (Å²) in [6, 6.07) is 24.1. The van der Waals surface area contributed by atoms with Gasteiger partial charge in [-0.05, 0) is 67.1 Å². The number of halogens is 1. The monoisotopic (exact) mass is 655 g/mol. The number of anilines is 1. The van der Waals surface area contributed by atoms with E-state index < -0.39 is 16.1 Å². The minimum Gasteiger partial charge on any atom is -0.352 e. The molecule has 0 aliphatic heterocycles. The lowest BCUT2D eigenvalue weighted by atomic mass is 10.0. The number of nitrogens with zero attached hydrogens (tertiary/aromatic N) is 2. The van der Waals surface area contributed by atoms with Crippen molar-refractivity contribution in [2.45, 2.75) is 71.5 Å². The van der Waals surface area contributed by atoms with Crippen LogP contribution < -0.4 is 9.62 Å². The fourth-order valence-electron chi connectivity index (χ4n) is 4.68. The van der Waals surface area contributed by atoms with Gasteiger partial charge in [-0.1, -0.05) is 84.4 Å². The molecule has 7 nitrogen and oxygen atoms in total. The largest absolute Gasteiger partial charge is 0.352 e. The Labute approximate surface area is 259 Å². The Kier molecular flexibility index (Phi) is 12.6.